The van der Waals surface area contributed by atoms with Crippen molar-refractivity contribution in [2.24, 2.45) is 5.73 Å². The first kappa shape index (κ1) is 22.0. The van der Waals surface area contributed by atoms with Crippen molar-refractivity contribution >= 4 is 28.4 Å². The monoisotopic (exact) mass is 475 g/mol. The zero-order chi connectivity index (χ0) is 23.7. The van der Waals surface area contributed by atoms with Crippen LogP contribution in [0.25, 0.3) is 10.9 Å². The van der Waals surface area contributed by atoms with Crippen LogP contribution in [0.2, 0.25) is 5.02 Å². The summed E-state index contributed by atoms with van der Waals surface area (Å²) in [6, 6.07) is 20.0. The number of amides is 1. The van der Waals surface area contributed by atoms with Gasteiger partial charge in [0.05, 0.1) is 17.6 Å². The smallest absolute Gasteiger partial charge is 0.231 e. The molecule has 1 unspecified atom stereocenters. The molecule has 3 aromatic carbocycles. The number of carbonyl (C=O) groups excluding carboxylic acids is 1. The number of halogens is 1. The molecule has 0 spiro atoms. The molecular weight excluding hydrogens is 454 g/mol. The van der Waals surface area contributed by atoms with Gasteiger partial charge in [-0.1, -0.05) is 48.0 Å². The fraction of sp³-hybridized carbons (Fsp3) is 0.154. The molecule has 7 nitrogen and oxygen atoms in total. The number of hydrogen-bond acceptors (Lipinski definition) is 6. The van der Waals surface area contributed by atoms with Gasteiger partial charge in [0.25, 0.3) is 0 Å². The highest BCUT2D eigenvalue weighted by molar-refractivity contribution is 6.35. The van der Waals surface area contributed by atoms with Crippen molar-refractivity contribution in [3.05, 3.63) is 94.6 Å². The van der Waals surface area contributed by atoms with Crippen molar-refractivity contribution in [2.75, 3.05) is 13.3 Å². The lowest BCUT2D eigenvalue weighted by molar-refractivity contribution is -0.119. The molecule has 172 valence electrons. The van der Waals surface area contributed by atoms with E-state index in [9.17, 15) is 9.90 Å². The average Bonchev–Trinajstić information content (AvgIpc) is 3.31. The predicted molar refractivity (Wildman–Crippen MR) is 129 cm³/mol. The fourth-order valence-corrected chi connectivity index (χ4v) is 4.62. The van der Waals surface area contributed by atoms with Crippen LogP contribution in [0.5, 0.6) is 17.2 Å². The summed E-state index contributed by atoms with van der Waals surface area (Å²) < 4.78 is 10.9. The molecule has 0 fully saturated rings. The standard InChI is InChI=1S/C26H22ClN3O4/c27-20-12-19(26(32)24-18(20)7-4-10-29-24)25(17-5-2-1-3-6-17)30(14-23(28)31)13-16-8-9-21-22(11-16)34-15-33-21/h1-12,25,32H,13-15H2,(H2,28,31). The first-order valence-electron chi connectivity index (χ1n) is 10.7. The van der Waals surface area contributed by atoms with E-state index in [-0.39, 0.29) is 19.1 Å². The van der Waals surface area contributed by atoms with E-state index in [1.54, 1.807) is 24.4 Å². The molecule has 0 radical (unpaired) electrons. The molecule has 2 heterocycles. The Kier molecular flexibility index (Phi) is 5.96. The Morgan fingerprint density at radius 1 is 1.09 bits per heavy atom. The lowest BCUT2D eigenvalue weighted by atomic mass is 9.94. The minimum absolute atomic E-state index is 0.00834. The second kappa shape index (κ2) is 9.21. The highest BCUT2D eigenvalue weighted by atomic mass is 35.5. The first-order chi connectivity index (χ1) is 16.5. The third-order valence-corrected chi connectivity index (χ3v) is 6.11. The van der Waals surface area contributed by atoms with Gasteiger partial charge in [-0.05, 0) is 41.5 Å². The number of nitrogens with two attached hydrogens (primary N) is 1. The number of benzene rings is 3. The number of phenols is 1. The number of pyridine rings is 1. The van der Waals surface area contributed by atoms with Crippen molar-refractivity contribution in [1.29, 1.82) is 0 Å². The molecule has 0 bridgehead atoms. The van der Waals surface area contributed by atoms with Gasteiger partial charge in [0.1, 0.15) is 11.3 Å². The van der Waals surface area contributed by atoms with Gasteiger partial charge in [0.2, 0.25) is 12.7 Å². The molecule has 5 rings (SSSR count). The van der Waals surface area contributed by atoms with Crippen LogP contribution in [0.3, 0.4) is 0 Å². The molecule has 1 aromatic heterocycles. The largest absolute Gasteiger partial charge is 0.505 e. The third-order valence-electron chi connectivity index (χ3n) is 5.80. The molecule has 1 amide bonds. The van der Waals surface area contributed by atoms with E-state index in [0.717, 1.165) is 11.1 Å². The summed E-state index contributed by atoms with van der Waals surface area (Å²) in [6.07, 6.45) is 1.60. The van der Waals surface area contributed by atoms with Crippen LogP contribution in [-0.2, 0) is 11.3 Å². The summed E-state index contributed by atoms with van der Waals surface area (Å²) in [5, 5.41) is 12.4. The van der Waals surface area contributed by atoms with Gasteiger partial charge in [-0.3, -0.25) is 14.7 Å². The van der Waals surface area contributed by atoms with E-state index in [0.29, 0.717) is 39.5 Å². The molecule has 34 heavy (non-hydrogen) atoms. The van der Waals surface area contributed by atoms with Gasteiger partial charge in [0.15, 0.2) is 11.5 Å². The van der Waals surface area contributed by atoms with Crippen LogP contribution in [0.4, 0.5) is 0 Å². The Morgan fingerprint density at radius 3 is 2.68 bits per heavy atom. The number of phenolic OH excluding ortho intramolecular Hbond substituents is 1. The fourth-order valence-electron chi connectivity index (χ4n) is 4.35. The maximum Gasteiger partial charge on any atom is 0.231 e. The molecule has 3 N–H and O–H groups in total. The molecule has 8 heteroatoms. The first-order valence-corrected chi connectivity index (χ1v) is 11.1. The Balaban J connectivity index is 1.65. The maximum atomic E-state index is 12.2. The minimum atomic E-state index is -0.525. The van der Waals surface area contributed by atoms with E-state index in [1.165, 1.54) is 0 Å². The van der Waals surface area contributed by atoms with Crippen molar-refractivity contribution in [2.45, 2.75) is 12.6 Å². The lowest BCUT2D eigenvalue weighted by Crippen LogP contribution is -2.37. The molecule has 0 saturated heterocycles. The van der Waals surface area contributed by atoms with E-state index in [4.69, 9.17) is 26.8 Å². The molecule has 1 atom stereocenters. The van der Waals surface area contributed by atoms with Gasteiger partial charge >= 0.3 is 0 Å². The number of carbonyl (C=O) groups is 1. The van der Waals surface area contributed by atoms with Gasteiger partial charge in [0, 0.05) is 23.7 Å². The van der Waals surface area contributed by atoms with Gasteiger partial charge in [-0.2, -0.15) is 0 Å². The van der Waals surface area contributed by atoms with E-state index in [1.807, 2.05) is 53.4 Å². The summed E-state index contributed by atoms with van der Waals surface area (Å²) in [5.41, 5.74) is 8.36. The maximum absolute atomic E-state index is 12.2. The summed E-state index contributed by atoms with van der Waals surface area (Å²) in [6.45, 7) is 0.481. The highest BCUT2D eigenvalue weighted by Gasteiger charge is 2.29. The van der Waals surface area contributed by atoms with Crippen LogP contribution in [0.15, 0.2) is 72.9 Å². The van der Waals surface area contributed by atoms with E-state index >= 15 is 0 Å². The number of hydrogen-bond donors (Lipinski definition) is 2. The Morgan fingerprint density at radius 2 is 1.88 bits per heavy atom. The second-order valence-corrected chi connectivity index (χ2v) is 8.48. The number of fused-ring (bicyclic) bond motifs is 2. The van der Waals surface area contributed by atoms with Gasteiger partial charge in [-0.15, -0.1) is 0 Å². The summed E-state index contributed by atoms with van der Waals surface area (Å²) >= 11 is 6.61. The number of aromatic nitrogens is 1. The average molecular weight is 476 g/mol. The molecule has 0 saturated carbocycles. The number of nitrogens with zero attached hydrogens (tertiary/aromatic N) is 2. The summed E-state index contributed by atoms with van der Waals surface area (Å²) in [4.78, 5) is 18.4. The van der Waals surface area contributed by atoms with Crippen molar-refractivity contribution in [3.8, 4) is 17.2 Å². The number of aromatic hydroxyl groups is 1. The SMILES string of the molecule is NC(=O)CN(Cc1ccc2c(c1)OCO2)C(c1ccccc1)c1cc(Cl)c2cccnc2c1O. The van der Waals surface area contributed by atoms with Crippen LogP contribution >= 0.6 is 11.6 Å². The number of ether oxygens (including phenoxy) is 2. The molecular formula is C26H22ClN3O4. The van der Waals surface area contributed by atoms with Crippen LogP contribution < -0.4 is 15.2 Å². The molecule has 1 aliphatic rings. The van der Waals surface area contributed by atoms with Crippen molar-refractivity contribution in [1.82, 2.24) is 9.88 Å². The summed E-state index contributed by atoms with van der Waals surface area (Å²) in [5.74, 6) is 0.837. The van der Waals surface area contributed by atoms with Crippen LogP contribution in [0.1, 0.15) is 22.7 Å². The van der Waals surface area contributed by atoms with Gasteiger partial charge in [-0.25, -0.2) is 0 Å². The van der Waals surface area contributed by atoms with Gasteiger partial charge < -0.3 is 20.3 Å². The third kappa shape index (κ3) is 4.23. The highest BCUT2D eigenvalue weighted by Crippen LogP contribution is 2.42. The zero-order valence-corrected chi connectivity index (χ0v) is 18.9. The van der Waals surface area contributed by atoms with Crippen LogP contribution in [-0.4, -0.2) is 34.2 Å². The zero-order valence-electron chi connectivity index (χ0n) is 18.1. The molecule has 0 aliphatic carbocycles. The minimum Gasteiger partial charge on any atom is -0.505 e. The lowest BCUT2D eigenvalue weighted by Gasteiger charge is -2.32. The van der Waals surface area contributed by atoms with Crippen LogP contribution in [0, 0.1) is 0 Å². The quantitative estimate of drug-likeness (QED) is 0.411. The predicted octanol–water partition coefficient (Wildman–Crippen LogP) is 4.40. The number of rotatable bonds is 7. The second-order valence-electron chi connectivity index (χ2n) is 8.07. The Hall–Kier alpha value is -3.81. The number of primary amides is 1. The topological polar surface area (TPSA) is 97.9 Å². The van der Waals surface area contributed by atoms with Crippen molar-refractivity contribution in [3.63, 3.8) is 0 Å². The summed E-state index contributed by atoms with van der Waals surface area (Å²) in [7, 11) is 0. The molecule has 4 aromatic rings. The van der Waals surface area contributed by atoms with E-state index in [2.05, 4.69) is 4.98 Å². The molecule has 1 aliphatic heterocycles. The Bertz CT molecular complexity index is 1360. The normalized spacial score (nSPS) is 13.4. The Labute approximate surface area is 201 Å². The van der Waals surface area contributed by atoms with E-state index < -0.39 is 11.9 Å². The van der Waals surface area contributed by atoms with Crippen molar-refractivity contribution < 1.29 is 19.4 Å².